The van der Waals surface area contributed by atoms with Gasteiger partial charge >= 0.3 is 0 Å². The van der Waals surface area contributed by atoms with Crippen LogP contribution in [0.25, 0.3) is 0 Å². The number of nitrogens with one attached hydrogen (secondary N) is 1. The smallest absolute Gasteiger partial charge is 0.0733 e. The van der Waals surface area contributed by atoms with Gasteiger partial charge in [0, 0.05) is 31.0 Å². The first-order valence-corrected chi connectivity index (χ1v) is 5.72. The van der Waals surface area contributed by atoms with Crippen molar-refractivity contribution in [2.75, 3.05) is 19.0 Å². The van der Waals surface area contributed by atoms with Crippen LogP contribution in [0.15, 0.2) is 24.3 Å². The predicted molar refractivity (Wildman–Crippen MR) is 66.6 cm³/mol. The number of aliphatic hydroxyl groups excluding tert-OH is 1. The summed E-state index contributed by atoms with van der Waals surface area (Å²) in [5.74, 6) is 0. The molecule has 0 radical (unpaired) electrons. The molecule has 1 rings (SSSR count). The second kappa shape index (κ2) is 7.25. The summed E-state index contributed by atoms with van der Waals surface area (Å²) in [5, 5.41) is 12.2. The van der Waals surface area contributed by atoms with Gasteiger partial charge in [-0.2, -0.15) is 0 Å². The minimum atomic E-state index is 0.256. The summed E-state index contributed by atoms with van der Waals surface area (Å²) in [6.07, 6.45) is 1.80. The van der Waals surface area contributed by atoms with Crippen LogP contribution in [0, 0.1) is 0 Å². The van der Waals surface area contributed by atoms with E-state index in [9.17, 15) is 0 Å². The molecule has 0 aliphatic heterocycles. The Morgan fingerprint density at radius 3 is 2.81 bits per heavy atom. The molecular weight excluding hydrogens is 202 g/mol. The average molecular weight is 223 g/mol. The average Bonchev–Trinajstić information content (AvgIpc) is 2.29. The van der Waals surface area contributed by atoms with E-state index in [2.05, 4.69) is 24.4 Å². The Labute approximate surface area is 97.4 Å². The van der Waals surface area contributed by atoms with Crippen molar-refractivity contribution in [3.63, 3.8) is 0 Å². The van der Waals surface area contributed by atoms with Gasteiger partial charge in [-0.3, -0.25) is 0 Å². The zero-order chi connectivity index (χ0) is 11.8. The Morgan fingerprint density at radius 2 is 2.12 bits per heavy atom. The van der Waals surface area contributed by atoms with Crippen LogP contribution in [-0.2, 0) is 11.3 Å². The van der Waals surface area contributed by atoms with Crippen LogP contribution in [0.4, 0.5) is 5.69 Å². The molecule has 3 nitrogen and oxygen atoms in total. The Balaban J connectivity index is 2.57. The lowest BCUT2D eigenvalue weighted by Gasteiger charge is -2.17. The summed E-state index contributed by atoms with van der Waals surface area (Å²) in [5.41, 5.74) is 2.29. The van der Waals surface area contributed by atoms with Gasteiger partial charge in [0.15, 0.2) is 0 Å². The van der Waals surface area contributed by atoms with E-state index in [-0.39, 0.29) is 6.61 Å². The first-order valence-electron chi connectivity index (χ1n) is 5.72. The van der Waals surface area contributed by atoms with E-state index in [4.69, 9.17) is 9.84 Å². The van der Waals surface area contributed by atoms with Gasteiger partial charge in [-0.05, 0) is 25.8 Å². The molecular formula is C13H21NO2. The van der Waals surface area contributed by atoms with E-state index in [1.54, 1.807) is 7.11 Å². The molecule has 0 aliphatic carbocycles. The van der Waals surface area contributed by atoms with E-state index < -0.39 is 0 Å². The zero-order valence-corrected chi connectivity index (χ0v) is 10.1. The van der Waals surface area contributed by atoms with Gasteiger partial charge in [0.2, 0.25) is 0 Å². The molecule has 0 aliphatic rings. The van der Waals surface area contributed by atoms with Crippen molar-refractivity contribution in [1.82, 2.24) is 0 Å². The summed E-state index contributed by atoms with van der Waals surface area (Å²) in [7, 11) is 1.70. The summed E-state index contributed by atoms with van der Waals surface area (Å²) in [6.45, 7) is 3.00. The van der Waals surface area contributed by atoms with E-state index in [0.29, 0.717) is 12.6 Å². The minimum Gasteiger partial charge on any atom is -0.396 e. The first-order chi connectivity index (χ1) is 7.77. The highest BCUT2D eigenvalue weighted by Gasteiger charge is 2.05. The first kappa shape index (κ1) is 13.0. The number of hydrogen-bond donors (Lipinski definition) is 2. The van der Waals surface area contributed by atoms with Crippen LogP contribution in [0.5, 0.6) is 0 Å². The molecule has 0 saturated heterocycles. The second-order valence-electron chi connectivity index (χ2n) is 4.00. The third kappa shape index (κ3) is 4.21. The second-order valence-corrected chi connectivity index (χ2v) is 4.00. The van der Waals surface area contributed by atoms with Gasteiger partial charge in [-0.15, -0.1) is 0 Å². The number of methoxy groups -OCH3 is 1. The van der Waals surface area contributed by atoms with E-state index in [1.165, 1.54) is 5.56 Å². The highest BCUT2D eigenvalue weighted by atomic mass is 16.5. The van der Waals surface area contributed by atoms with Crippen molar-refractivity contribution >= 4 is 5.69 Å². The van der Waals surface area contributed by atoms with Crippen LogP contribution in [0.2, 0.25) is 0 Å². The fourth-order valence-corrected chi connectivity index (χ4v) is 1.68. The standard InChI is InChI=1S/C13H21NO2/c1-11(6-5-9-15)14-13-8-4-3-7-12(13)10-16-2/h3-4,7-8,11,14-15H,5-6,9-10H2,1-2H3. The molecule has 0 heterocycles. The highest BCUT2D eigenvalue weighted by Crippen LogP contribution is 2.17. The van der Waals surface area contributed by atoms with Crippen molar-refractivity contribution in [2.24, 2.45) is 0 Å². The SMILES string of the molecule is COCc1ccccc1NC(C)CCCO. The maximum absolute atomic E-state index is 8.77. The molecule has 90 valence electrons. The minimum absolute atomic E-state index is 0.256. The molecule has 1 aromatic rings. The van der Waals surface area contributed by atoms with Crippen molar-refractivity contribution in [3.05, 3.63) is 29.8 Å². The molecule has 0 saturated carbocycles. The summed E-state index contributed by atoms with van der Waals surface area (Å²) >= 11 is 0. The third-order valence-electron chi connectivity index (χ3n) is 2.51. The molecule has 1 atom stereocenters. The lowest BCUT2D eigenvalue weighted by molar-refractivity contribution is 0.185. The molecule has 0 amide bonds. The largest absolute Gasteiger partial charge is 0.396 e. The summed E-state index contributed by atoms with van der Waals surface area (Å²) < 4.78 is 5.15. The van der Waals surface area contributed by atoms with E-state index >= 15 is 0 Å². The highest BCUT2D eigenvalue weighted by molar-refractivity contribution is 5.51. The molecule has 3 heteroatoms. The molecule has 0 bridgehead atoms. The number of ether oxygens (including phenoxy) is 1. The Bertz CT molecular complexity index is 302. The lowest BCUT2D eigenvalue weighted by Crippen LogP contribution is -2.16. The zero-order valence-electron chi connectivity index (χ0n) is 10.1. The van der Waals surface area contributed by atoms with Crippen LogP contribution >= 0.6 is 0 Å². The maximum Gasteiger partial charge on any atom is 0.0733 e. The van der Waals surface area contributed by atoms with Crippen LogP contribution in [-0.4, -0.2) is 24.9 Å². The molecule has 2 N–H and O–H groups in total. The Kier molecular flexibility index (Phi) is 5.90. The fraction of sp³-hybridized carbons (Fsp3) is 0.538. The third-order valence-corrected chi connectivity index (χ3v) is 2.51. The van der Waals surface area contributed by atoms with Gasteiger partial charge in [0.05, 0.1) is 6.61 Å². The van der Waals surface area contributed by atoms with Gasteiger partial charge in [0.25, 0.3) is 0 Å². The van der Waals surface area contributed by atoms with Gasteiger partial charge in [-0.1, -0.05) is 18.2 Å². The molecule has 0 aromatic heterocycles. The molecule has 0 fully saturated rings. The van der Waals surface area contributed by atoms with Crippen molar-refractivity contribution in [1.29, 1.82) is 0 Å². The number of aliphatic hydroxyl groups is 1. The fourth-order valence-electron chi connectivity index (χ4n) is 1.68. The molecule has 1 unspecified atom stereocenters. The number of benzene rings is 1. The normalized spacial score (nSPS) is 12.4. The monoisotopic (exact) mass is 223 g/mol. The number of hydrogen-bond acceptors (Lipinski definition) is 3. The van der Waals surface area contributed by atoms with Crippen molar-refractivity contribution < 1.29 is 9.84 Å². The van der Waals surface area contributed by atoms with E-state index in [1.807, 2.05) is 12.1 Å². The maximum atomic E-state index is 8.77. The van der Waals surface area contributed by atoms with Crippen LogP contribution < -0.4 is 5.32 Å². The van der Waals surface area contributed by atoms with Crippen molar-refractivity contribution in [3.8, 4) is 0 Å². The van der Waals surface area contributed by atoms with Crippen LogP contribution in [0.1, 0.15) is 25.3 Å². The molecule has 0 spiro atoms. The lowest BCUT2D eigenvalue weighted by atomic mass is 10.1. The van der Waals surface area contributed by atoms with Gasteiger partial charge < -0.3 is 15.2 Å². The summed E-state index contributed by atoms with van der Waals surface area (Å²) in [6, 6.07) is 8.51. The van der Waals surface area contributed by atoms with Gasteiger partial charge in [0.1, 0.15) is 0 Å². The quantitative estimate of drug-likeness (QED) is 0.746. The number of anilines is 1. The number of rotatable bonds is 7. The van der Waals surface area contributed by atoms with Crippen LogP contribution in [0.3, 0.4) is 0 Å². The van der Waals surface area contributed by atoms with Crippen molar-refractivity contribution in [2.45, 2.75) is 32.4 Å². The number of para-hydroxylation sites is 1. The topological polar surface area (TPSA) is 41.5 Å². The van der Waals surface area contributed by atoms with Gasteiger partial charge in [-0.25, -0.2) is 0 Å². The Hall–Kier alpha value is -1.06. The predicted octanol–water partition coefficient (Wildman–Crippen LogP) is 2.41. The molecule has 16 heavy (non-hydrogen) atoms. The summed E-state index contributed by atoms with van der Waals surface area (Å²) in [4.78, 5) is 0. The Morgan fingerprint density at radius 1 is 1.38 bits per heavy atom. The van der Waals surface area contributed by atoms with E-state index in [0.717, 1.165) is 18.5 Å². The molecule has 1 aromatic carbocycles.